The molecule has 1 aromatic carbocycles. The van der Waals surface area contributed by atoms with Gasteiger partial charge in [-0.2, -0.15) is 8.78 Å². The van der Waals surface area contributed by atoms with Gasteiger partial charge in [-0.25, -0.2) is 0 Å². The zero-order valence-electron chi connectivity index (χ0n) is 11.4. The molecule has 3 nitrogen and oxygen atoms in total. The van der Waals surface area contributed by atoms with Crippen molar-refractivity contribution in [2.45, 2.75) is 38.8 Å². The highest BCUT2D eigenvalue weighted by Gasteiger charge is 2.14. The summed E-state index contributed by atoms with van der Waals surface area (Å²) in [6.45, 7) is 3.37. The molecule has 110 valence electrons. The summed E-state index contributed by atoms with van der Waals surface area (Å²) >= 11 is 0. The third-order valence-electron chi connectivity index (χ3n) is 3.54. The van der Waals surface area contributed by atoms with Crippen LogP contribution >= 0.6 is 0 Å². The van der Waals surface area contributed by atoms with Crippen LogP contribution in [0.5, 0.6) is 0 Å². The lowest BCUT2D eigenvalue weighted by molar-refractivity contribution is -0.131. The molecular formula is C15H20F2N2O. The summed E-state index contributed by atoms with van der Waals surface area (Å²) in [5, 5.41) is 2.20. The van der Waals surface area contributed by atoms with Crippen molar-refractivity contribution in [1.29, 1.82) is 0 Å². The summed E-state index contributed by atoms with van der Waals surface area (Å²) in [4.78, 5) is 13.2. The molecular weight excluding hydrogens is 262 g/mol. The SMILES string of the molecule is O=C(NCc1ccc(CN2CCCCC2)cc1)C(F)F. The largest absolute Gasteiger partial charge is 0.347 e. The Hall–Kier alpha value is -1.49. The van der Waals surface area contributed by atoms with E-state index in [0.29, 0.717) is 0 Å². The van der Waals surface area contributed by atoms with Crippen molar-refractivity contribution in [3.05, 3.63) is 35.4 Å². The molecule has 0 aliphatic carbocycles. The average Bonchev–Trinajstić information content (AvgIpc) is 2.47. The van der Waals surface area contributed by atoms with E-state index >= 15 is 0 Å². The van der Waals surface area contributed by atoms with Gasteiger partial charge in [0.05, 0.1) is 0 Å². The first kappa shape index (κ1) is 14.9. The Labute approximate surface area is 118 Å². The van der Waals surface area contributed by atoms with Crippen LogP contribution in [0.15, 0.2) is 24.3 Å². The molecule has 0 bridgehead atoms. The number of nitrogens with zero attached hydrogens (tertiary/aromatic N) is 1. The highest BCUT2D eigenvalue weighted by molar-refractivity contribution is 5.78. The molecule has 2 rings (SSSR count). The number of amides is 1. The number of rotatable bonds is 5. The Morgan fingerprint density at radius 3 is 2.30 bits per heavy atom. The average molecular weight is 282 g/mol. The van der Waals surface area contributed by atoms with E-state index < -0.39 is 12.3 Å². The van der Waals surface area contributed by atoms with Gasteiger partial charge in [-0.05, 0) is 37.1 Å². The number of carbonyl (C=O) groups excluding carboxylic acids is 1. The zero-order chi connectivity index (χ0) is 14.4. The second-order valence-electron chi connectivity index (χ2n) is 5.17. The molecule has 0 saturated carbocycles. The summed E-state index contributed by atoms with van der Waals surface area (Å²) in [6, 6.07) is 7.76. The molecule has 20 heavy (non-hydrogen) atoms. The second-order valence-corrected chi connectivity index (χ2v) is 5.17. The number of benzene rings is 1. The second kappa shape index (κ2) is 7.33. The number of hydrogen-bond acceptors (Lipinski definition) is 2. The van der Waals surface area contributed by atoms with Crippen LogP contribution in [-0.2, 0) is 17.9 Å². The quantitative estimate of drug-likeness (QED) is 0.900. The van der Waals surface area contributed by atoms with E-state index in [-0.39, 0.29) is 6.54 Å². The number of likely N-dealkylation sites (tertiary alicyclic amines) is 1. The molecule has 1 aliphatic heterocycles. The molecule has 1 amide bonds. The molecule has 1 fully saturated rings. The number of piperidine rings is 1. The molecule has 0 aromatic heterocycles. The lowest BCUT2D eigenvalue weighted by atomic mass is 10.1. The van der Waals surface area contributed by atoms with Crippen molar-refractivity contribution >= 4 is 5.91 Å². The molecule has 1 aliphatic rings. The van der Waals surface area contributed by atoms with Gasteiger partial charge in [-0.1, -0.05) is 30.7 Å². The maximum absolute atomic E-state index is 12.0. The number of hydrogen-bond donors (Lipinski definition) is 1. The third-order valence-corrected chi connectivity index (χ3v) is 3.54. The van der Waals surface area contributed by atoms with Gasteiger partial charge in [-0.15, -0.1) is 0 Å². The fraction of sp³-hybridized carbons (Fsp3) is 0.533. The third kappa shape index (κ3) is 4.56. The monoisotopic (exact) mass is 282 g/mol. The van der Waals surface area contributed by atoms with Gasteiger partial charge < -0.3 is 5.32 Å². The summed E-state index contributed by atoms with van der Waals surface area (Å²) in [7, 11) is 0. The van der Waals surface area contributed by atoms with E-state index in [2.05, 4.69) is 10.2 Å². The molecule has 5 heteroatoms. The summed E-state index contributed by atoms with van der Waals surface area (Å²) in [6.07, 6.45) is 0.891. The maximum atomic E-state index is 12.0. The number of nitrogens with one attached hydrogen (secondary N) is 1. The maximum Gasteiger partial charge on any atom is 0.315 e. The molecule has 1 saturated heterocycles. The van der Waals surface area contributed by atoms with Crippen molar-refractivity contribution in [1.82, 2.24) is 10.2 Å². The first-order chi connectivity index (χ1) is 9.65. The Balaban J connectivity index is 1.81. The minimum Gasteiger partial charge on any atom is -0.347 e. The lowest BCUT2D eigenvalue weighted by Gasteiger charge is -2.26. The summed E-state index contributed by atoms with van der Waals surface area (Å²) < 4.78 is 24.1. The van der Waals surface area contributed by atoms with Gasteiger partial charge in [-0.3, -0.25) is 9.69 Å². The van der Waals surface area contributed by atoms with Gasteiger partial charge in [0.15, 0.2) is 0 Å². The van der Waals surface area contributed by atoms with Crippen LogP contribution in [0.1, 0.15) is 30.4 Å². The van der Waals surface area contributed by atoms with Gasteiger partial charge in [0.25, 0.3) is 5.91 Å². The fourth-order valence-corrected chi connectivity index (χ4v) is 2.40. The molecule has 1 heterocycles. The van der Waals surface area contributed by atoms with Crippen molar-refractivity contribution in [2.24, 2.45) is 0 Å². The highest BCUT2D eigenvalue weighted by atomic mass is 19.3. The van der Waals surface area contributed by atoms with Gasteiger partial charge in [0.2, 0.25) is 0 Å². The summed E-state index contributed by atoms with van der Waals surface area (Å²) in [5.74, 6) is -1.22. The predicted molar refractivity (Wildman–Crippen MR) is 73.4 cm³/mol. The van der Waals surface area contributed by atoms with E-state index in [1.807, 2.05) is 24.3 Å². The Kier molecular flexibility index (Phi) is 5.47. The van der Waals surface area contributed by atoms with Crippen LogP contribution < -0.4 is 5.32 Å². The number of halogens is 2. The van der Waals surface area contributed by atoms with E-state index in [0.717, 1.165) is 25.2 Å². The van der Waals surface area contributed by atoms with Crippen LogP contribution in [0.4, 0.5) is 8.78 Å². The minimum atomic E-state index is -2.95. The van der Waals surface area contributed by atoms with E-state index in [4.69, 9.17) is 0 Å². The number of carbonyl (C=O) groups is 1. The predicted octanol–water partition coefficient (Wildman–Crippen LogP) is 2.55. The van der Waals surface area contributed by atoms with Crippen molar-refractivity contribution < 1.29 is 13.6 Å². The molecule has 0 atom stereocenters. The van der Waals surface area contributed by atoms with E-state index in [1.54, 1.807) is 0 Å². The smallest absolute Gasteiger partial charge is 0.315 e. The topological polar surface area (TPSA) is 32.3 Å². The Morgan fingerprint density at radius 2 is 1.70 bits per heavy atom. The minimum absolute atomic E-state index is 0.146. The number of alkyl halides is 2. The fourth-order valence-electron chi connectivity index (χ4n) is 2.40. The summed E-state index contributed by atoms with van der Waals surface area (Å²) in [5.41, 5.74) is 2.05. The first-order valence-corrected chi connectivity index (χ1v) is 7.01. The molecule has 1 N–H and O–H groups in total. The standard InChI is InChI=1S/C15H20F2N2O/c16-14(17)15(20)18-10-12-4-6-13(7-5-12)11-19-8-2-1-3-9-19/h4-7,14H,1-3,8-11H2,(H,18,20). The highest BCUT2D eigenvalue weighted by Crippen LogP contribution is 2.13. The lowest BCUT2D eigenvalue weighted by Crippen LogP contribution is -2.29. The Morgan fingerprint density at radius 1 is 1.10 bits per heavy atom. The van der Waals surface area contributed by atoms with Crippen LogP contribution in [0.3, 0.4) is 0 Å². The van der Waals surface area contributed by atoms with Crippen LogP contribution in [0.2, 0.25) is 0 Å². The zero-order valence-corrected chi connectivity index (χ0v) is 11.4. The van der Waals surface area contributed by atoms with Gasteiger partial charge in [0, 0.05) is 13.1 Å². The van der Waals surface area contributed by atoms with E-state index in [1.165, 1.54) is 24.8 Å². The molecule has 0 radical (unpaired) electrons. The first-order valence-electron chi connectivity index (χ1n) is 7.01. The van der Waals surface area contributed by atoms with Crippen LogP contribution in [-0.4, -0.2) is 30.3 Å². The van der Waals surface area contributed by atoms with Crippen molar-refractivity contribution in [3.8, 4) is 0 Å². The van der Waals surface area contributed by atoms with Gasteiger partial charge in [0.1, 0.15) is 0 Å². The molecule has 0 unspecified atom stereocenters. The van der Waals surface area contributed by atoms with Crippen LogP contribution in [0.25, 0.3) is 0 Å². The van der Waals surface area contributed by atoms with Gasteiger partial charge >= 0.3 is 6.43 Å². The van der Waals surface area contributed by atoms with Crippen molar-refractivity contribution in [2.75, 3.05) is 13.1 Å². The van der Waals surface area contributed by atoms with Crippen LogP contribution in [0, 0.1) is 0 Å². The normalized spacial score (nSPS) is 16.4. The Bertz CT molecular complexity index is 428. The van der Waals surface area contributed by atoms with Crippen molar-refractivity contribution in [3.63, 3.8) is 0 Å². The molecule has 0 spiro atoms. The molecule has 1 aromatic rings. The van der Waals surface area contributed by atoms with E-state index in [9.17, 15) is 13.6 Å².